The van der Waals surface area contributed by atoms with Crippen LogP contribution in [0.3, 0.4) is 0 Å². The summed E-state index contributed by atoms with van der Waals surface area (Å²) in [6.07, 6.45) is 0. The Balaban J connectivity index is 1.64. The molecule has 5 aromatic rings. The van der Waals surface area contributed by atoms with Crippen LogP contribution in [0, 0.1) is 0 Å². The summed E-state index contributed by atoms with van der Waals surface area (Å²) in [5.74, 6) is -0.420. The number of aromatic nitrogens is 2. The molecular formula is C29H20N2O3. The van der Waals surface area contributed by atoms with E-state index in [4.69, 9.17) is 0 Å². The summed E-state index contributed by atoms with van der Waals surface area (Å²) in [4.78, 5) is 40.7. The van der Waals surface area contributed by atoms with Crippen LogP contribution in [0.1, 0.15) is 43.0 Å². The summed E-state index contributed by atoms with van der Waals surface area (Å²) in [5.41, 5.74) is 4.29. The highest BCUT2D eigenvalue weighted by atomic mass is 16.2. The maximum Gasteiger partial charge on any atom is 0.329 e. The van der Waals surface area contributed by atoms with Gasteiger partial charge in [0.25, 0.3) is 0 Å². The molecule has 0 N–H and O–H groups in total. The lowest BCUT2D eigenvalue weighted by atomic mass is 9.83. The Morgan fingerprint density at radius 2 is 1.03 bits per heavy atom. The fourth-order valence-corrected chi connectivity index (χ4v) is 4.83. The molecule has 34 heavy (non-hydrogen) atoms. The molecule has 0 radical (unpaired) electrons. The Bertz CT molecular complexity index is 1640. The first-order chi connectivity index (χ1) is 16.6. The van der Waals surface area contributed by atoms with Crippen LogP contribution >= 0.6 is 0 Å². The number of hydrogen-bond acceptors (Lipinski definition) is 3. The third kappa shape index (κ3) is 3.05. The van der Waals surface area contributed by atoms with Gasteiger partial charge in [-0.2, -0.15) is 0 Å². The minimum Gasteiger partial charge on any atom is -0.289 e. The number of ketones is 2. The lowest BCUT2D eigenvalue weighted by molar-refractivity contribution is 0.0980. The molecule has 0 spiro atoms. The average molecular weight is 444 g/mol. The van der Waals surface area contributed by atoms with Gasteiger partial charge in [0.2, 0.25) is 0 Å². The highest BCUT2D eigenvalue weighted by Gasteiger charge is 2.33. The molecule has 0 saturated carbocycles. The predicted molar refractivity (Wildman–Crippen MR) is 131 cm³/mol. The lowest BCUT2D eigenvalue weighted by Crippen LogP contribution is -2.26. The average Bonchev–Trinajstić information content (AvgIpc) is 3.14. The Morgan fingerprint density at radius 1 is 0.500 bits per heavy atom. The molecule has 164 valence electrons. The molecule has 6 rings (SSSR count). The Labute approximate surface area is 195 Å². The van der Waals surface area contributed by atoms with Crippen molar-refractivity contribution in [3.63, 3.8) is 0 Å². The van der Waals surface area contributed by atoms with E-state index in [1.54, 1.807) is 45.5 Å². The second-order valence-electron chi connectivity index (χ2n) is 8.49. The smallest absolute Gasteiger partial charge is 0.289 e. The molecule has 0 fully saturated rings. The van der Waals surface area contributed by atoms with E-state index < -0.39 is 0 Å². The topological polar surface area (TPSA) is 61.1 Å². The van der Waals surface area contributed by atoms with Gasteiger partial charge in [0, 0.05) is 16.7 Å². The summed E-state index contributed by atoms with van der Waals surface area (Å²) in [5, 5.41) is 0. The second kappa shape index (κ2) is 7.81. The van der Waals surface area contributed by atoms with Gasteiger partial charge in [0.15, 0.2) is 11.6 Å². The molecular weight excluding hydrogens is 424 g/mol. The first kappa shape index (κ1) is 20.1. The summed E-state index contributed by atoms with van der Waals surface area (Å²) in [6.45, 7) is 0.674. The quantitative estimate of drug-likeness (QED) is 0.397. The zero-order chi connectivity index (χ0) is 23.2. The first-order valence-corrected chi connectivity index (χ1v) is 11.2. The van der Waals surface area contributed by atoms with Crippen molar-refractivity contribution in [2.45, 2.75) is 13.1 Å². The number of fused-ring (bicyclic) bond motifs is 4. The van der Waals surface area contributed by atoms with E-state index in [2.05, 4.69) is 0 Å². The third-order valence-electron chi connectivity index (χ3n) is 6.43. The molecule has 0 amide bonds. The fourth-order valence-electron chi connectivity index (χ4n) is 4.83. The summed E-state index contributed by atoms with van der Waals surface area (Å²) < 4.78 is 3.32. The van der Waals surface area contributed by atoms with Crippen LogP contribution in [-0.2, 0) is 13.1 Å². The van der Waals surface area contributed by atoms with Crippen molar-refractivity contribution in [2.24, 2.45) is 0 Å². The number of imidazole rings is 1. The van der Waals surface area contributed by atoms with Crippen LogP contribution in [0.2, 0.25) is 0 Å². The molecule has 1 aliphatic carbocycles. The van der Waals surface area contributed by atoms with E-state index in [9.17, 15) is 14.4 Å². The molecule has 0 aliphatic heterocycles. The van der Waals surface area contributed by atoms with Crippen LogP contribution in [0.5, 0.6) is 0 Å². The second-order valence-corrected chi connectivity index (χ2v) is 8.49. The monoisotopic (exact) mass is 444 g/mol. The van der Waals surface area contributed by atoms with Gasteiger partial charge in [-0.15, -0.1) is 0 Å². The van der Waals surface area contributed by atoms with Crippen LogP contribution in [0.4, 0.5) is 0 Å². The molecule has 0 bridgehead atoms. The molecule has 5 heteroatoms. The number of benzene rings is 4. The summed E-state index contributed by atoms with van der Waals surface area (Å²) in [6, 6.07) is 29.8. The van der Waals surface area contributed by atoms with E-state index in [1.165, 1.54) is 0 Å². The molecule has 1 aliphatic rings. The normalized spacial score (nSPS) is 12.6. The molecule has 5 nitrogen and oxygen atoms in total. The van der Waals surface area contributed by atoms with Gasteiger partial charge in [-0.25, -0.2) is 4.79 Å². The minimum atomic E-state index is -0.227. The summed E-state index contributed by atoms with van der Waals surface area (Å²) in [7, 11) is 0. The van der Waals surface area contributed by atoms with Crippen LogP contribution in [-0.4, -0.2) is 20.7 Å². The molecule has 4 aromatic carbocycles. The van der Waals surface area contributed by atoms with E-state index in [0.29, 0.717) is 46.4 Å². The van der Waals surface area contributed by atoms with Crippen LogP contribution < -0.4 is 5.69 Å². The summed E-state index contributed by atoms with van der Waals surface area (Å²) >= 11 is 0. The maximum absolute atomic E-state index is 13.7. The predicted octanol–water partition coefficient (Wildman–Crippen LogP) is 4.68. The van der Waals surface area contributed by atoms with E-state index in [-0.39, 0.29) is 17.3 Å². The number of carbonyl (C=O) groups excluding carboxylic acids is 2. The van der Waals surface area contributed by atoms with Crippen molar-refractivity contribution >= 4 is 22.6 Å². The van der Waals surface area contributed by atoms with Crippen molar-refractivity contribution in [3.8, 4) is 0 Å². The van der Waals surface area contributed by atoms with Gasteiger partial charge in [-0.3, -0.25) is 18.7 Å². The third-order valence-corrected chi connectivity index (χ3v) is 6.43. The molecule has 1 aromatic heterocycles. The number of carbonyl (C=O) groups is 2. The van der Waals surface area contributed by atoms with E-state index in [0.717, 1.165) is 11.1 Å². The van der Waals surface area contributed by atoms with Crippen molar-refractivity contribution in [1.82, 2.24) is 9.13 Å². The number of hydrogen-bond donors (Lipinski definition) is 0. The number of nitrogens with zero attached hydrogens (tertiary/aromatic N) is 2. The molecule has 0 saturated heterocycles. The minimum absolute atomic E-state index is 0.193. The molecule has 0 atom stereocenters. The van der Waals surface area contributed by atoms with Gasteiger partial charge in [-0.1, -0.05) is 84.9 Å². The first-order valence-electron chi connectivity index (χ1n) is 11.2. The van der Waals surface area contributed by atoms with Crippen LogP contribution in [0.25, 0.3) is 11.0 Å². The lowest BCUT2D eigenvalue weighted by Gasteiger charge is -2.19. The Morgan fingerprint density at radius 3 is 1.65 bits per heavy atom. The Kier molecular flexibility index (Phi) is 4.62. The van der Waals surface area contributed by atoms with E-state index >= 15 is 0 Å². The van der Waals surface area contributed by atoms with Gasteiger partial charge in [-0.05, 0) is 23.3 Å². The molecule has 0 unspecified atom stereocenters. The van der Waals surface area contributed by atoms with Crippen molar-refractivity contribution < 1.29 is 9.59 Å². The van der Waals surface area contributed by atoms with Crippen LogP contribution in [0.15, 0.2) is 102 Å². The fraction of sp³-hybridized carbons (Fsp3) is 0.0690. The standard InChI is InChI=1S/C29H20N2O3/c32-27-21-13-7-8-14-22(21)28(33)25-23(27)15-16-24-26(25)31(18-20-11-5-2-6-12-20)29(34)30(24)17-19-9-3-1-4-10-19/h1-16H,17-18H2. The van der Waals surface area contributed by atoms with Gasteiger partial charge in [0.1, 0.15) is 0 Å². The zero-order valence-corrected chi connectivity index (χ0v) is 18.3. The van der Waals surface area contributed by atoms with Gasteiger partial charge >= 0.3 is 5.69 Å². The maximum atomic E-state index is 13.7. The van der Waals surface area contributed by atoms with Gasteiger partial charge < -0.3 is 0 Å². The largest absolute Gasteiger partial charge is 0.329 e. The zero-order valence-electron chi connectivity index (χ0n) is 18.3. The van der Waals surface area contributed by atoms with Crippen molar-refractivity contribution in [2.75, 3.05) is 0 Å². The number of rotatable bonds is 4. The SMILES string of the molecule is O=C1c2ccccc2C(=O)c2c1ccc1c2n(Cc2ccccc2)c(=O)n1Cc1ccccc1. The van der Waals surface area contributed by atoms with Gasteiger partial charge in [0.05, 0.1) is 29.7 Å². The molecule has 1 heterocycles. The Hall–Kier alpha value is -4.51. The highest BCUT2D eigenvalue weighted by molar-refractivity contribution is 6.31. The van der Waals surface area contributed by atoms with Crippen molar-refractivity contribution in [3.05, 3.63) is 141 Å². The van der Waals surface area contributed by atoms with E-state index in [1.807, 2.05) is 60.7 Å². The highest BCUT2D eigenvalue weighted by Crippen LogP contribution is 2.33. The van der Waals surface area contributed by atoms with Crippen molar-refractivity contribution in [1.29, 1.82) is 0 Å².